The molecule has 3 rings (SSSR count). The van der Waals surface area contributed by atoms with Crippen LogP contribution in [0.5, 0.6) is 0 Å². The zero-order valence-electron chi connectivity index (χ0n) is 9.99. The standard InChI is InChI=1S/C13H15N3OS/c17-13-5-11(9-18)8-16(13)7-10-1-2-12-14-3-4-15(12)6-10/h1-4,6,11,18H,5,7-9H2. The molecule has 1 aliphatic rings. The highest BCUT2D eigenvalue weighted by molar-refractivity contribution is 7.80. The normalized spacial score (nSPS) is 19.9. The number of aromatic nitrogens is 2. The van der Waals surface area contributed by atoms with Gasteiger partial charge >= 0.3 is 0 Å². The Morgan fingerprint density at radius 3 is 3.11 bits per heavy atom. The van der Waals surface area contributed by atoms with E-state index in [4.69, 9.17) is 0 Å². The molecule has 5 heteroatoms. The first-order chi connectivity index (χ1) is 8.76. The van der Waals surface area contributed by atoms with Crippen molar-refractivity contribution in [1.29, 1.82) is 0 Å². The Morgan fingerprint density at radius 2 is 2.33 bits per heavy atom. The van der Waals surface area contributed by atoms with Gasteiger partial charge in [-0.15, -0.1) is 0 Å². The van der Waals surface area contributed by atoms with Crippen LogP contribution in [-0.2, 0) is 11.3 Å². The summed E-state index contributed by atoms with van der Waals surface area (Å²) in [7, 11) is 0. The van der Waals surface area contributed by atoms with Gasteiger partial charge < -0.3 is 9.30 Å². The topological polar surface area (TPSA) is 37.6 Å². The van der Waals surface area contributed by atoms with Gasteiger partial charge in [0.25, 0.3) is 0 Å². The minimum atomic E-state index is 0.236. The van der Waals surface area contributed by atoms with Gasteiger partial charge in [0.1, 0.15) is 5.65 Å². The molecule has 0 saturated carbocycles. The maximum absolute atomic E-state index is 11.8. The van der Waals surface area contributed by atoms with Crippen molar-refractivity contribution in [3.63, 3.8) is 0 Å². The number of nitrogens with zero attached hydrogens (tertiary/aromatic N) is 3. The number of carbonyl (C=O) groups is 1. The van der Waals surface area contributed by atoms with E-state index in [1.807, 2.05) is 33.8 Å². The number of pyridine rings is 1. The SMILES string of the molecule is O=C1CC(CS)CN1Cc1ccc2nccn2c1. The third-order valence-electron chi connectivity index (χ3n) is 3.38. The molecule has 4 nitrogen and oxygen atoms in total. The van der Waals surface area contributed by atoms with Gasteiger partial charge in [0.15, 0.2) is 0 Å². The van der Waals surface area contributed by atoms with Gasteiger partial charge in [-0.3, -0.25) is 4.79 Å². The van der Waals surface area contributed by atoms with Crippen LogP contribution in [0.15, 0.2) is 30.7 Å². The van der Waals surface area contributed by atoms with E-state index in [-0.39, 0.29) is 5.91 Å². The second-order valence-electron chi connectivity index (χ2n) is 4.76. The fraction of sp³-hybridized carbons (Fsp3) is 0.385. The van der Waals surface area contributed by atoms with Crippen molar-refractivity contribution in [3.8, 4) is 0 Å². The number of carbonyl (C=O) groups excluding carboxylic acids is 1. The summed E-state index contributed by atoms with van der Waals surface area (Å²) in [5.41, 5.74) is 2.06. The molecule has 0 aromatic carbocycles. The fourth-order valence-corrected chi connectivity index (χ4v) is 2.65. The molecule has 1 aliphatic heterocycles. The molecule has 2 aromatic rings. The van der Waals surface area contributed by atoms with E-state index in [0.29, 0.717) is 18.9 Å². The van der Waals surface area contributed by atoms with Crippen LogP contribution in [0, 0.1) is 5.92 Å². The number of likely N-dealkylation sites (tertiary alicyclic amines) is 1. The second-order valence-corrected chi connectivity index (χ2v) is 5.12. The molecule has 3 heterocycles. The number of hydrogen-bond donors (Lipinski definition) is 1. The first kappa shape index (κ1) is 11.6. The Bertz CT molecular complexity index is 580. The van der Waals surface area contributed by atoms with Crippen LogP contribution >= 0.6 is 12.6 Å². The Labute approximate surface area is 111 Å². The molecular formula is C13H15N3OS. The molecule has 1 saturated heterocycles. The minimum absolute atomic E-state index is 0.236. The lowest BCUT2D eigenvalue weighted by atomic mass is 10.1. The van der Waals surface area contributed by atoms with Crippen molar-refractivity contribution in [2.24, 2.45) is 5.92 Å². The van der Waals surface area contributed by atoms with E-state index in [1.54, 1.807) is 6.20 Å². The highest BCUT2D eigenvalue weighted by atomic mass is 32.1. The summed E-state index contributed by atoms with van der Waals surface area (Å²) in [5.74, 6) is 1.42. The van der Waals surface area contributed by atoms with Gasteiger partial charge in [-0.2, -0.15) is 12.6 Å². The quantitative estimate of drug-likeness (QED) is 0.852. The maximum Gasteiger partial charge on any atom is 0.223 e. The molecule has 1 fully saturated rings. The monoisotopic (exact) mass is 261 g/mol. The average molecular weight is 261 g/mol. The Hall–Kier alpha value is -1.49. The summed E-state index contributed by atoms with van der Waals surface area (Å²) in [5, 5.41) is 0. The third kappa shape index (κ3) is 2.10. The minimum Gasteiger partial charge on any atom is -0.338 e. The van der Waals surface area contributed by atoms with Crippen molar-refractivity contribution < 1.29 is 4.79 Å². The lowest BCUT2D eigenvalue weighted by Crippen LogP contribution is -2.24. The largest absolute Gasteiger partial charge is 0.338 e. The van der Waals surface area contributed by atoms with Crippen LogP contribution in [0.25, 0.3) is 5.65 Å². The van der Waals surface area contributed by atoms with E-state index in [2.05, 4.69) is 17.6 Å². The molecule has 0 aliphatic carbocycles. The van der Waals surface area contributed by atoms with Crippen LogP contribution in [0.1, 0.15) is 12.0 Å². The smallest absolute Gasteiger partial charge is 0.223 e. The molecule has 0 N–H and O–H groups in total. The van der Waals surface area contributed by atoms with E-state index in [1.165, 1.54) is 0 Å². The predicted octanol–water partition coefficient (Wildman–Crippen LogP) is 1.61. The summed E-state index contributed by atoms with van der Waals surface area (Å²) in [6.45, 7) is 1.50. The molecule has 94 valence electrons. The van der Waals surface area contributed by atoms with E-state index in [9.17, 15) is 4.79 Å². The van der Waals surface area contributed by atoms with Gasteiger partial charge in [-0.25, -0.2) is 4.98 Å². The van der Waals surface area contributed by atoms with Gasteiger partial charge in [0.2, 0.25) is 5.91 Å². The van der Waals surface area contributed by atoms with Gasteiger partial charge in [0.05, 0.1) is 0 Å². The van der Waals surface area contributed by atoms with Crippen molar-refractivity contribution in [2.45, 2.75) is 13.0 Å². The molecule has 0 radical (unpaired) electrons. The highest BCUT2D eigenvalue weighted by Gasteiger charge is 2.28. The lowest BCUT2D eigenvalue weighted by molar-refractivity contribution is -0.128. The fourth-order valence-electron chi connectivity index (χ4n) is 2.41. The average Bonchev–Trinajstić information content (AvgIpc) is 2.96. The van der Waals surface area contributed by atoms with Gasteiger partial charge in [-0.05, 0) is 23.3 Å². The van der Waals surface area contributed by atoms with Crippen molar-refractivity contribution in [1.82, 2.24) is 14.3 Å². The number of imidazole rings is 1. The summed E-state index contributed by atoms with van der Waals surface area (Å²) < 4.78 is 1.98. The molecule has 1 amide bonds. The van der Waals surface area contributed by atoms with Crippen LogP contribution < -0.4 is 0 Å². The summed E-state index contributed by atoms with van der Waals surface area (Å²) in [6, 6.07) is 4.01. The maximum atomic E-state index is 11.8. The molecule has 0 bridgehead atoms. The number of hydrogen-bond acceptors (Lipinski definition) is 3. The lowest BCUT2D eigenvalue weighted by Gasteiger charge is -2.16. The van der Waals surface area contributed by atoms with Crippen LogP contribution in [-0.4, -0.2) is 32.5 Å². The van der Waals surface area contributed by atoms with Gasteiger partial charge in [0, 0.05) is 38.1 Å². The summed E-state index contributed by atoms with van der Waals surface area (Å²) >= 11 is 4.27. The Balaban J connectivity index is 1.77. The number of thiol groups is 1. The summed E-state index contributed by atoms with van der Waals surface area (Å²) in [6.07, 6.45) is 6.36. The molecule has 0 spiro atoms. The Morgan fingerprint density at radius 1 is 1.44 bits per heavy atom. The first-order valence-corrected chi connectivity index (χ1v) is 6.70. The van der Waals surface area contributed by atoms with E-state index < -0.39 is 0 Å². The van der Waals surface area contributed by atoms with Crippen molar-refractivity contribution in [2.75, 3.05) is 12.3 Å². The first-order valence-electron chi connectivity index (χ1n) is 6.06. The predicted molar refractivity (Wildman–Crippen MR) is 72.6 cm³/mol. The molecular weight excluding hydrogens is 246 g/mol. The van der Waals surface area contributed by atoms with Crippen molar-refractivity contribution >= 4 is 24.2 Å². The number of amides is 1. The van der Waals surface area contributed by atoms with Crippen LogP contribution in [0.4, 0.5) is 0 Å². The third-order valence-corrected chi connectivity index (χ3v) is 3.89. The van der Waals surface area contributed by atoms with Crippen LogP contribution in [0.2, 0.25) is 0 Å². The Kier molecular flexibility index (Phi) is 2.99. The second kappa shape index (κ2) is 4.65. The highest BCUT2D eigenvalue weighted by Crippen LogP contribution is 2.21. The molecule has 1 unspecified atom stereocenters. The zero-order chi connectivity index (χ0) is 12.5. The summed E-state index contributed by atoms with van der Waals surface area (Å²) in [4.78, 5) is 18.0. The van der Waals surface area contributed by atoms with Crippen LogP contribution in [0.3, 0.4) is 0 Å². The number of rotatable bonds is 3. The van der Waals surface area contributed by atoms with Gasteiger partial charge in [-0.1, -0.05) is 6.07 Å². The number of fused-ring (bicyclic) bond motifs is 1. The molecule has 2 aromatic heterocycles. The zero-order valence-corrected chi connectivity index (χ0v) is 10.9. The van der Waals surface area contributed by atoms with E-state index >= 15 is 0 Å². The molecule has 18 heavy (non-hydrogen) atoms. The molecule has 1 atom stereocenters. The van der Waals surface area contributed by atoms with E-state index in [0.717, 1.165) is 23.5 Å². The van der Waals surface area contributed by atoms with Crippen molar-refractivity contribution in [3.05, 3.63) is 36.3 Å².